The van der Waals surface area contributed by atoms with Gasteiger partial charge < -0.3 is 11.1 Å². The minimum atomic E-state index is 0. The summed E-state index contributed by atoms with van der Waals surface area (Å²) in [6.45, 7) is 0. The van der Waals surface area contributed by atoms with Crippen LogP contribution in [0.4, 0.5) is 0 Å². The fraction of sp³-hybridized carbons (Fsp3) is 0.889. The smallest absolute Gasteiger partial charge is 0.223 e. The Labute approximate surface area is 84.9 Å². The Hall–Kier alpha value is -0.280. The molecule has 0 radical (unpaired) electrons. The maximum Gasteiger partial charge on any atom is 0.223 e. The molecule has 76 valence electrons. The van der Waals surface area contributed by atoms with Crippen molar-refractivity contribution in [2.75, 3.05) is 0 Å². The lowest BCUT2D eigenvalue weighted by Crippen LogP contribution is -2.31. The Bertz CT molecular complexity index is 194. The van der Waals surface area contributed by atoms with Gasteiger partial charge in [0.05, 0.1) is 0 Å². The topological polar surface area (TPSA) is 55.1 Å². The van der Waals surface area contributed by atoms with Crippen LogP contribution < -0.4 is 11.1 Å². The van der Waals surface area contributed by atoms with Crippen LogP contribution in [0.15, 0.2) is 0 Å². The molecule has 0 heterocycles. The van der Waals surface area contributed by atoms with Crippen molar-refractivity contribution in [2.24, 2.45) is 11.7 Å². The molecule has 0 aromatic heterocycles. The molecule has 2 fully saturated rings. The van der Waals surface area contributed by atoms with Gasteiger partial charge in [0.15, 0.2) is 0 Å². The molecule has 2 aliphatic rings. The van der Waals surface area contributed by atoms with Crippen molar-refractivity contribution in [3.8, 4) is 0 Å². The maximum absolute atomic E-state index is 11.5. The van der Waals surface area contributed by atoms with Crippen molar-refractivity contribution in [1.82, 2.24) is 5.32 Å². The van der Waals surface area contributed by atoms with E-state index >= 15 is 0 Å². The zero-order valence-electron chi connectivity index (χ0n) is 7.66. The van der Waals surface area contributed by atoms with Gasteiger partial charge in [0.25, 0.3) is 0 Å². The van der Waals surface area contributed by atoms with Crippen molar-refractivity contribution in [2.45, 2.75) is 44.2 Å². The number of carbonyl (C=O) groups excluding carboxylic acids is 1. The van der Waals surface area contributed by atoms with E-state index in [1.54, 1.807) is 0 Å². The van der Waals surface area contributed by atoms with E-state index in [0.717, 1.165) is 19.3 Å². The average Bonchev–Trinajstić information content (AvgIpc) is 2.72. The Kier molecular flexibility index (Phi) is 3.56. The molecule has 2 unspecified atom stereocenters. The number of nitrogens with one attached hydrogen (secondary N) is 1. The maximum atomic E-state index is 11.5. The highest BCUT2D eigenvalue weighted by Crippen LogP contribution is 2.26. The second-order valence-corrected chi connectivity index (χ2v) is 4.05. The molecule has 2 aliphatic carbocycles. The molecule has 4 heteroatoms. The van der Waals surface area contributed by atoms with Gasteiger partial charge in [-0.25, -0.2) is 0 Å². The number of carbonyl (C=O) groups is 1. The monoisotopic (exact) mass is 204 g/mol. The number of hydrogen-bond donors (Lipinski definition) is 2. The summed E-state index contributed by atoms with van der Waals surface area (Å²) in [5.74, 6) is 0.450. The molecule has 13 heavy (non-hydrogen) atoms. The third kappa shape index (κ3) is 2.85. The number of hydrogen-bond acceptors (Lipinski definition) is 2. The van der Waals surface area contributed by atoms with Crippen molar-refractivity contribution >= 4 is 18.3 Å². The predicted molar refractivity (Wildman–Crippen MR) is 53.7 cm³/mol. The zero-order valence-corrected chi connectivity index (χ0v) is 8.48. The van der Waals surface area contributed by atoms with Crippen LogP contribution in [-0.4, -0.2) is 18.0 Å². The SMILES string of the molecule is Cl.NC1CCC(C(=O)NC2CC2)C1. The molecule has 0 spiro atoms. The Morgan fingerprint density at radius 3 is 2.38 bits per heavy atom. The molecule has 0 aromatic carbocycles. The summed E-state index contributed by atoms with van der Waals surface area (Å²) in [6, 6.07) is 0.759. The van der Waals surface area contributed by atoms with Crippen LogP contribution in [0.3, 0.4) is 0 Å². The summed E-state index contributed by atoms with van der Waals surface area (Å²) < 4.78 is 0. The van der Waals surface area contributed by atoms with E-state index < -0.39 is 0 Å². The van der Waals surface area contributed by atoms with Crippen LogP contribution in [-0.2, 0) is 4.79 Å². The highest BCUT2D eigenvalue weighted by Gasteiger charge is 2.31. The van der Waals surface area contributed by atoms with Gasteiger partial charge in [-0.05, 0) is 32.1 Å². The average molecular weight is 205 g/mol. The first-order chi connectivity index (χ1) is 5.75. The number of amides is 1. The van der Waals surface area contributed by atoms with E-state index in [-0.39, 0.29) is 30.3 Å². The fourth-order valence-electron chi connectivity index (χ4n) is 1.80. The lowest BCUT2D eigenvalue weighted by Gasteiger charge is -2.09. The summed E-state index contributed by atoms with van der Waals surface area (Å²) in [6.07, 6.45) is 5.23. The molecule has 2 atom stereocenters. The second kappa shape index (κ2) is 4.29. The van der Waals surface area contributed by atoms with Gasteiger partial charge in [-0.3, -0.25) is 4.79 Å². The van der Waals surface area contributed by atoms with Gasteiger partial charge in [0, 0.05) is 18.0 Å². The van der Waals surface area contributed by atoms with Crippen molar-refractivity contribution < 1.29 is 4.79 Å². The lowest BCUT2D eigenvalue weighted by atomic mass is 10.1. The van der Waals surface area contributed by atoms with Gasteiger partial charge in [-0.15, -0.1) is 12.4 Å². The van der Waals surface area contributed by atoms with E-state index in [9.17, 15) is 4.79 Å². The molecule has 1 amide bonds. The van der Waals surface area contributed by atoms with E-state index in [1.165, 1.54) is 12.8 Å². The normalized spacial score (nSPS) is 32.4. The summed E-state index contributed by atoms with van der Waals surface area (Å²) in [7, 11) is 0. The summed E-state index contributed by atoms with van der Waals surface area (Å²) >= 11 is 0. The quantitative estimate of drug-likeness (QED) is 0.700. The van der Waals surface area contributed by atoms with Gasteiger partial charge in [-0.2, -0.15) is 0 Å². The molecule has 0 saturated heterocycles. The molecule has 2 saturated carbocycles. The molecule has 0 aliphatic heterocycles. The lowest BCUT2D eigenvalue weighted by molar-refractivity contribution is -0.124. The number of halogens is 1. The molecular formula is C9H17ClN2O. The van der Waals surface area contributed by atoms with Crippen molar-refractivity contribution in [3.63, 3.8) is 0 Å². The van der Waals surface area contributed by atoms with Crippen LogP contribution in [0.5, 0.6) is 0 Å². The Balaban J connectivity index is 0.000000845. The number of rotatable bonds is 2. The molecular weight excluding hydrogens is 188 g/mol. The van der Waals surface area contributed by atoms with Gasteiger partial charge >= 0.3 is 0 Å². The summed E-state index contributed by atoms with van der Waals surface area (Å²) in [5.41, 5.74) is 5.73. The van der Waals surface area contributed by atoms with Gasteiger partial charge in [0.2, 0.25) is 5.91 Å². The molecule has 0 aromatic rings. The van der Waals surface area contributed by atoms with Crippen LogP contribution in [0.2, 0.25) is 0 Å². The van der Waals surface area contributed by atoms with Crippen LogP contribution in [0, 0.1) is 5.92 Å². The summed E-state index contributed by atoms with van der Waals surface area (Å²) in [5, 5.41) is 3.02. The summed E-state index contributed by atoms with van der Waals surface area (Å²) in [4.78, 5) is 11.5. The second-order valence-electron chi connectivity index (χ2n) is 4.05. The fourth-order valence-corrected chi connectivity index (χ4v) is 1.80. The van der Waals surface area contributed by atoms with E-state index in [2.05, 4.69) is 5.32 Å². The first-order valence-electron chi connectivity index (χ1n) is 4.81. The number of nitrogens with two attached hydrogens (primary N) is 1. The highest BCUT2D eigenvalue weighted by molar-refractivity contribution is 5.85. The minimum Gasteiger partial charge on any atom is -0.353 e. The van der Waals surface area contributed by atoms with Crippen molar-refractivity contribution in [1.29, 1.82) is 0 Å². The molecule has 3 N–H and O–H groups in total. The predicted octanol–water partition coefficient (Wildman–Crippen LogP) is 0.814. The zero-order chi connectivity index (χ0) is 8.55. The first kappa shape index (κ1) is 10.8. The molecule has 3 nitrogen and oxygen atoms in total. The van der Waals surface area contributed by atoms with Crippen LogP contribution in [0.25, 0.3) is 0 Å². The minimum absolute atomic E-state index is 0. The van der Waals surface area contributed by atoms with Crippen molar-refractivity contribution in [3.05, 3.63) is 0 Å². The molecule has 0 bridgehead atoms. The van der Waals surface area contributed by atoms with Gasteiger partial charge in [-0.1, -0.05) is 0 Å². The van der Waals surface area contributed by atoms with Crippen LogP contribution in [0.1, 0.15) is 32.1 Å². The van der Waals surface area contributed by atoms with Crippen LogP contribution >= 0.6 is 12.4 Å². The molecule has 2 rings (SSSR count). The Morgan fingerprint density at radius 1 is 1.23 bits per heavy atom. The van der Waals surface area contributed by atoms with E-state index in [0.29, 0.717) is 6.04 Å². The van der Waals surface area contributed by atoms with Gasteiger partial charge in [0.1, 0.15) is 0 Å². The highest BCUT2D eigenvalue weighted by atomic mass is 35.5. The Morgan fingerprint density at radius 2 is 1.92 bits per heavy atom. The van der Waals surface area contributed by atoms with E-state index in [1.807, 2.05) is 0 Å². The largest absolute Gasteiger partial charge is 0.353 e. The third-order valence-corrected chi connectivity index (χ3v) is 2.77. The van der Waals surface area contributed by atoms with E-state index in [4.69, 9.17) is 5.73 Å². The standard InChI is InChI=1S/C9H16N2O.ClH/c10-7-2-1-6(5-7)9(12)11-8-3-4-8;/h6-8H,1-5,10H2,(H,11,12);1H. The third-order valence-electron chi connectivity index (χ3n) is 2.77. The first-order valence-corrected chi connectivity index (χ1v) is 4.81.